The van der Waals surface area contributed by atoms with Gasteiger partial charge >= 0.3 is 6.09 Å². The van der Waals surface area contributed by atoms with Crippen LogP contribution in [-0.4, -0.2) is 33.2 Å². The normalized spacial score (nSPS) is 21.3. The molecule has 3 rings (SSSR count). The fourth-order valence-electron chi connectivity index (χ4n) is 3.32. The van der Waals surface area contributed by atoms with Gasteiger partial charge in [-0.1, -0.05) is 0 Å². The van der Waals surface area contributed by atoms with Crippen LogP contribution in [0.1, 0.15) is 52.5 Å². The Morgan fingerprint density at radius 1 is 1.32 bits per heavy atom. The van der Waals surface area contributed by atoms with E-state index in [9.17, 15) is 9.90 Å². The summed E-state index contributed by atoms with van der Waals surface area (Å²) in [5, 5.41) is 17.7. The number of amides is 1. The SMILES string of the molecule is CC(C)(C)OC(=O)Nc1ccc2nn(C3CCC(CO)CC3)cc2c1. The van der Waals surface area contributed by atoms with Gasteiger partial charge in [0.15, 0.2) is 0 Å². The lowest BCUT2D eigenvalue weighted by atomic mass is 9.87. The number of aliphatic hydroxyl groups excluding tert-OH is 1. The molecule has 0 radical (unpaired) electrons. The third kappa shape index (κ3) is 4.51. The minimum atomic E-state index is -0.521. The number of benzene rings is 1. The number of fused-ring (bicyclic) bond motifs is 1. The Hall–Kier alpha value is -2.08. The minimum Gasteiger partial charge on any atom is -0.444 e. The predicted molar refractivity (Wildman–Crippen MR) is 97.7 cm³/mol. The van der Waals surface area contributed by atoms with Gasteiger partial charge in [-0.05, 0) is 70.6 Å². The molecule has 1 heterocycles. The number of nitrogens with zero attached hydrogens (tertiary/aromatic N) is 2. The molecule has 25 heavy (non-hydrogen) atoms. The zero-order valence-corrected chi connectivity index (χ0v) is 15.2. The summed E-state index contributed by atoms with van der Waals surface area (Å²) in [6.07, 6.45) is 5.76. The molecule has 2 N–H and O–H groups in total. The topological polar surface area (TPSA) is 76.4 Å². The monoisotopic (exact) mass is 345 g/mol. The number of ether oxygens (including phenoxy) is 1. The maximum atomic E-state index is 11.9. The molecule has 1 aromatic carbocycles. The van der Waals surface area contributed by atoms with Gasteiger partial charge in [0, 0.05) is 23.9 Å². The molecule has 1 aliphatic carbocycles. The number of rotatable bonds is 3. The Balaban J connectivity index is 1.70. The van der Waals surface area contributed by atoms with E-state index < -0.39 is 11.7 Å². The molecule has 6 nitrogen and oxygen atoms in total. The molecule has 1 aromatic heterocycles. The summed E-state index contributed by atoms with van der Waals surface area (Å²) in [5.41, 5.74) is 1.09. The van der Waals surface area contributed by atoms with Crippen molar-refractivity contribution in [2.24, 2.45) is 5.92 Å². The van der Waals surface area contributed by atoms with Gasteiger partial charge in [-0.2, -0.15) is 5.10 Å². The summed E-state index contributed by atoms with van der Waals surface area (Å²) in [7, 11) is 0. The first-order chi connectivity index (χ1) is 11.8. The summed E-state index contributed by atoms with van der Waals surface area (Å²) in [5.74, 6) is 0.436. The van der Waals surface area contributed by atoms with Gasteiger partial charge in [-0.3, -0.25) is 10.00 Å². The van der Waals surface area contributed by atoms with Crippen molar-refractivity contribution in [3.63, 3.8) is 0 Å². The molecule has 136 valence electrons. The Kier molecular flexibility index (Phi) is 4.99. The number of hydrogen-bond acceptors (Lipinski definition) is 4. The first-order valence-electron chi connectivity index (χ1n) is 8.94. The molecule has 0 bridgehead atoms. The van der Waals surface area contributed by atoms with Crippen LogP contribution >= 0.6 is 0 Å². The zero-order chi connectivity index (χ0) is 18.0. The Morgan fingerprint density at radius 2 is 2.04 bits per heavy atom. The molecule has 1 amide bonds. The third-order valence-corrected chi connectivity index (χ3v) is 4.62. The molecule has 6 heteroatoms. The molecule has 0 saturated heterocycles. The summed E-state index contributed by atoms with van der Waals surface area (Å²) in [6, 6.07) is 6.06. The summed E-state index contributed by atoms with van der Waals surface area (Å²) < 4.78 is 7.32. The van der Waals surface area contributed by atoms with Crippen LogP contribution < -0.4 is 5.32 Å². The van der Waals surface area contributed by atoms with E-state index in [0.29, 0.717) is 17.6 Å². The molecule has 0 atom stereocenters. The minimum absolute atomic E-state index is 0.285. The fraction of sp³-hybridized carbons (Fsp3) is 0.579. The maximum Gasteiger partial charge on any atom is 0.412 e. The number of anilines is 1. The molecule has 0 spiro atoms. The summed E-state index contributed by atoms with van der Waals surface area (Å²) in [4.78, 5) is 11.9. The highest BCUT2D eigenvalue weighted by Gasteiger charge is 2.22. The van der Waals surface area contributed by atoms with Gasteiger partial charge in [-0.25, -0.2) is 4.79 Å². The number of aliphatic hydroxyl groups is 1. The second-order valence-corrected chi connectivity index (χ2v) is 7.87. The van der Waals surface area contributed by atoms with Crippen LogP contribution in [-0.2, 0) is 4.74 Å². The lowest BCUT2D eigenvalue weighted by Crippen LogP contribution is -2.27. The number of hydrogen-bond donors (Lipinski definition) is 2. The van der Waals surface area contributed by atoms with Crippen molar-refractivity contribution in [1.29, 1.82) is 0 Å². The van der Waals surface area contributed by atoms with Crippen LogP contribution in [0.3, 0.4) is 0 Å². The van der Waals surface area contributed by atoms with E-state index in [2.05, 4.69) is 10.4 Å². The Labute approximate surface area is 148 Å². The lowest BCUT2D eigenvalue weighted by molar-refractivity contribution is 0.0636. The zero-order valence-electron chi connectivity index (χ0n) is 15.2. The smallest absolute Gasteiger partial charge is 0.412 e. The fourth-order valence-corrected chi connectivity index (χ4v) is 3.32. The number of carbonyl (C=O) groups is 1. The van der Waals surface area contributed by atoms with E-state index >= 15 is 0 Å². The highest BCUT2D eigenvalue weighted by Crippen LogP contribution is 2.32. The number of nitrogens with one attached hydrogen (secondary N) is 1. The molecule has 1 saturated carbocycles. The van der Waals surface area contributed by atoms with Gasteiger partial charge in [-0.15, -0.1) is 0 Å². The highest BCUT2D eigenvalue weighted by molar-refractivity contribution is 5.89. The van der Waals surface area contributed by atoms with E-state index in [0.717, 1.165) is 36.6 Å². The molecule has 0 aliphatic heterocycles. The van der Waals surface area contributed by atoms with Crippen molar-refractivity contribution in [1.82, 2.24) is 9.78 Å². The Morgan fingerprint density at radius 3 is 2.68 bits per heavy atom. The molecule has 2 aromatic rings. The first-order valence-corrected chi connectivity index (χ1v) is 8.94. The van der Waals surface area contributed by atoms with Crippen molar-refractivity contribution < 1.29 is 14.6 Å². The van der Waals surface area contributed by atoms with Crippen LogP contribution in [0.2, 0.25) is 0 Å². The van der Waals surface area contributed by atoms with Gasteiger partial charge in [0.05, 0.1) is 11.6 Å². The highest BCUT2D eigenvalue weighted by atomic mass is 16.6. The van der Waals surface area contributed by atoms with Gasteiger partial charge in [0.1, 0.15) is 5.60 Å². The van der Waals surface area contributed by atoms with Gasteiger partial charge in [0.25, 0.3) is 0 Å². The molecule has 1 fully saturated rings. The van der Waals surface area contributed by atoms with Crippen LogP contribution in [0, 0.1) is 5.92 Å². The average Bonchev–Trinajstić information content (AvgIpc) is 2.96. The predicted octanol–water partition coefficient (Wildman–Crippen LogP) is 4.11. The quantitative estimate of drug-likeness (QED) is 0.878. The van der Waals surface area contributed by atoms with Gasteiger partial charge in [0.2, 0.25) is 0 Å². The standard InChI is InChI=1S/C19H27N3O3/c1-19(2,3)25-18(24)20-15-6-9-17-14(10-15)11-22(21-17)16-7-4-13(12-23)5-8-16/h6,9-11,13,16,23H,4-5,7-8,12H2,1-3H3,(H,20,24). The van der Waals surface area contributed by atoms with Gasteiger partial charge < -0.3 is 9.84 Å². The number of carbonyl (C=O) groups excluding carboxylic acids is 1. The van der Waals surface area contributed by atoms with Crippen LogP contribution in [0.25, 0.3) is 10.9 Å². The van der Waals surface area contributed by atoms with Crippen molar-refractivity contribution in [2.45, 2.75) is 58.1 Å². The van der Waals surface area contributed by atoms with E-state index in [-0.39, 0.29) is 6.61 Å². The van der Waals surface area contributed by atoms with Crippen LogP contribution in [0.15, 0.2) is 24.4 Å². The van der Waals surface area contributed by atoms with Crippen molar-refractivity contribution in [2.75, 3.05) is 11.9 Å². The second-order valence-electron chi connectivity index (χ2n) is 7.87. The van der Waals surface area contributed by atoms with E-state index in [1.54, 1.807) is 0 Å². The van der Waals surface area contributed by atoms with E-state index in [1.807, 2.05) is 49.8 Å². The van der Waals surface area contributed by atoms with Crippen molar-refractivity contribution in [3.05, 3.63) is 24.4 Å². The van der Waals surface area contributed by atoms with Crippen molar-refractivity contribution >= 4 is 22.7 Å². The average molecular weight is 345 g/mol. The molecular formula is C19H27N3O3. The van der Waals surface area contributed by atoms with E-state index in [4.69, 9.17) is 4.74 Å². The summed E-state index contributed by atoms with van der Waals surface area (Å²) >= 11 is 0. The maximum absolute atomic E-state index is 11.9. The third-order valence-electron chi connectivity index (χ3n) is 4.62. The van der Waals surface area contributed by atoms with Crippen LogP contribution in [0.5, 0.6) is 0 Å². The first kappa shape index (κ1) is 17.7. The largest absolute Gasteiger partial charge is 0.444 e. The Bertz CT molecular complexity index is 740. The summed E-state index contributed by atoms with van der Waals surface area (Å²) in [6.45, 7) is 5.80. The van der Waals surface area contributed by atoms with Crippen molar-refractivity contribution in [3.8, 4) is 0 Å². The molecular weight excluding hydrogens is 318 g/mol. The molecule has 1 aliphatic rings. The number of aromatic nitrogens is 2. The second kappa shape index (κ2) is 7.04. The lowest BCUT2D eigenvalue weighted by Gasteiger charge is -2.27. The van der Waals surface area contributed by atoms with E-state index in [1.165, 1.54) is 0 Å². The van der Waals surface area contributed by atoms with Crippen LogP contribution in [0.4, 0.5) is 10.5 Å². The molecule has 0 unspecified atom stereocenters.